The van der Waals surface area contributed by atoms with Crippen LogP contribution in [-0.2, 0) is 25.5 Å². The number of amides is 2. The zero-order valence-corrected chi connectivity index (χ0v) is 15.2. The van der Waals surface area contributed by atoms with Crippen LogP contribution in [0.2, 0.25) is 0 Å². The summed E-state index contributed by atoms with van der Waals surface area (Å²) in [6, 6.07) is 13.5. The number of ether oxygens (including phenoxy) is 1. The lowest BCUT2D eigenvalue weighted by molar-refractivity contribution is -0.152. The van der Waals surface area contributed by atoms with Gasteiger partial charge in [0.1, 0.15) is 0 Å². The van der Waals surface area contributed by atoms with E-state index in [1.807, 2.05) is 49.4 Å². The first-order valence-corrected chi connectivity index (χ1v) is 8.71. The Labute approximate surface area is 153 Å². The van der Waals surface area contributed by atoms with Gasteiger partial charge in [0.25, 0.3) is 5.91 Å². The molecule has 0 saturated heterocycles. The van der Waals surface area contributed by atoms with Crippen molar-refractivity contribution in [3.63, 3.8) is 0 Å². The summed E-state index contributed by atoms with van der Waals surface area (Å²) in [5.41, 5.74) is 0.857. The number of nitrogens with one attached hydrogen (secondary N) is 1. The second kappa shape index (κ2) is 9.56. The summed E-state index contributed by atoms with van der Waals surface area (Å²) < 4.78 is 5.12. The number of carbonyl (C=O) groups excluding carboxylic acids is 3. The molecule has 26 heavy (non-hydrogen) atoms. The van der Waals surface area contributed by atoms with Gasteiger partial charge in [-0.1, -0.05) is 42.5 Å². The molecule has 0 saturated carbocycles. The third-order valence-electron chi connectivity index (χ3n) is 4.01. The topological polar surface area (TPSA) is 75.7 Å². The standard InChI is InChI=1S/C20H24N2O4/c1-3-21-18(23)13-22(4-2)19(24)14-26-20(25)12-16-10-7-9-15-8-5-6-11-17(15)16/h5-11H,3-4,12-14H2,1-2H3,(H,21,23). The first kappa shape index (κ1) is 19.4. The number of fused-ring (bicyclic) bond motifs is 1. The molecule has 0 aliphatic rings. The first-order valence-electron chi connectivity index (χ1n) is 8.71. The van der Waals surface area contributed by atoms with E-state index in [-0.39, 0.29) is 31.4 Å². The number of rotatable bonds is 8. The van der Waals surface area contributed by atoms with Crippen molar-refractivity contribution in [2.24, 2.45) is 0 Å². The molecule has 0 bridgehead atoms. The van der Waals surface area contributed by atoms with E-state index in [2.05, 4.69) is 5.32 Å². The summed E-state index contributed by atoms with van der Waals surface area (Å²) in [7, 11) is 0. The van der Waals surface area contributed by atoms with Crippen molar-refractivity contribution in [1.29, 1.82) is 0 Å². The maximum Gasteiger partial charge on any atom is 0.310 e. The van der Waals surface area contributed by atoms with Crippen molar-refractivity contribution in [3.8, 4) is 0 Å². The fourth-order valence-electron chi connectivity index (χ4n) is 2.69. The number of carbonyl (C=O) groups is 3. The molecule has 138 valence electrons. The summed E-state index contributed by atoms with van der Waals surface area (Å²) in [4.78, 5) is 37.2. The second-order valence-corrected chi connectivity index (χ2v) is 5.84. The first-order chi connectivity index (χ1) is 12.5. The highest BCUT2D eigenvalue weighted by Crippen LogP contribution is 2.19. The van der Waals surface area contributed by atoms with Gasteiger partial charge >= 0.3 is 5.97 Å². The Morgan fingerprint density at radius 1 is 1.04 bits per heavy atom. The normalized spacial score (nSPS) is 10.4. The molecule has 0 atom stereocenters. The summed E-state index contributed by atoms with van der Waals surface area (Å²) in [5.74, 6) is -1.08. The van der Waals surface area contributed by atoms with E-state index in [0.29, 0.717) is 13.1 Å². The van der Waals surface area contributed by atoms with Crippen LogP contribution in [0.15, 0.2) is 42.5 Å². The van der Waals surface area contributed by atoms with Gasteiger partial charge in [-0.25, -0.2) is 0 Å². The van der Waals surface area contributed by atoms with Crippen LogP contribution in [0, 0.1) is 0 Å². The zero-order valence-electron chi connectivity index (χ0n) is 15.2. The summed E-state index contributed by atoms with van der Waals surface area (Å²) in [5, 5.41) is 4.68. The fraction of sp³-hybridized carbons (Fsp3) is 0.350. The maximum absolute atomic E-state index is 12.2. The molecule has 0 aromatic heterocycles. The number of benzene rings is 2. The van der Waals surface area contributed by atoms with E-state index in [0.717, 1.165) is 16.3 Å². The zero-order chi connectivity index (χ0) is 18.9. The highest BCUT2D eigenvalue weighted by Gasteiger charge is 2.17. The third-order valence-corrected chi connectivity index (χ3v) is 4.01. The number of likely N-dealkylation sites (N-methyl/N-ethyl adjacent to an activating group) is 2. The lowest BCUT2D eigenvalue weighted by Gasteiger charge is -2.20. The largest absolute Gasteiger partial charge is 0.455 e. The number of hydrogen-bond donors (Lipinski definition) is 1. The fourth-order valence-corrected chi connectivity index (χ4v) is 2.69. The Balaban J connectivity index is 1.91. The van der Waals surface area contributed by atoms with Gasteiger partial charge in [-0.05, 0) is 30.2 Å². The molecule has 2 amide bonds. The maximum atomic E-state index is 12.2. The molecule has 0 aliphatic heterocycles. The van der Waals surface area contributed by atoms with Crippen LogP contribution in [0.3, 0.4) is 0 Å². The quantitative estimate of drug-likeness (QED) is 0.733. The van der Waals surface area contributed by atoms with Crippen LogP contribution in [-0.4, -0.2) is 48.9 Å². The van der Waals surface area contributed by atoms with E-state index < -0.39 is 5.97 Å². The van der Waals surface area contributed by atoms with Crippen LogP contribution >= 0.6 is 0 Å². The highest BCUT2D eigenvalue weighted by atomic mass is 16.5. The van der Waals surface area contributed by atoms with Gasteiger partial charge in [0.05, 0.1) is 13.0 Å². The van der Waals surface area contributed by atoms with Crippen LogP contribution in [0.1, 0.15) is 19.4 Å². The molecule has 0 spiro atoms. The lowest BCUT2D eigenvalue weighted by atomic mass is 10.0. The SMILES string of the molecule is CCNC(=O)CN(CC)C(=O)COC(=O)Cc1cccc2ccccc12. The molecular weight excluding hydrogens is 332 g/mol. The monoisotopic (exact) mass is 356 g/mol. The molecule has 0 fully saturated rings. The summed E-state index contributed by atoms with van der Waals surface area (Å²) in [6.07, 6.45) is 0.0943. The van der Waals surface area contributed by atoms with Crippen LogP contribution in [0.5, 0.6) is 0 Å². The molecule has 0 radical (unpaired) electrons. The van der Waals surface area contributed by atoms with Crippen molar-refractivity contribution in [2.45, 2.75) is 20.3 Å². The molecule has 0 unspecified atom stereocenters. The summed E-state index contributed by atoms with van der Waals surface area (Å²) in [6.45, 7) is 4.06. The average Bonchev–Trinajstić information content (AvgIpc) is 2.64. The van der Waals surface area contributed by atoms with Crippen molar-refractivity contribution in [3.05, 3.63) is 48.0 Å². The smallest absolute Gasteiger partial charge is 0.310 e. The molecule has 6 heteroatoms. The Bertz CT molecular complexity index is 783. The number of esters is 1. The molecule has 0 heterocycles. The van der Waals surface area contributed by atoms with Crippen LogP contribution < -0.4 is 5.32 Å². The van der Waals surface area contributed by atoms with Crippen molar-refractivity contribution < 1.29 is 19.1 Å². The minimum atomic E-state index is -0.469. The van der Waals surface area contributed by atoms with Gasteiger partial charge < -0.3 is 15.0 Å². The molecule has 2 aromatic rings. The van der Waals surface area contributed by atoms with Crippen LogP contribution in [0.4, 0.5) is 0 Å². The van der Waals surface area contributed by atoms with Gasteiger partial charge in [0.2, 0.25) is 5.91 Å². The molecule has 1 N–H and O–H groups in total. The highest BCUT2D eigenvalue weighted by molar-refractivity contribution is 5.90. The number of hydrogen-bond acceptors (Lipinski definition) is 4. The van der Waals surface area contributed by atoms with Gasteiger partial charge in [0, 0.05) is 13.1 Å². The van der Waals surface area contributed by atoms with Crippen molar-refractivity contribution in [2.75, 3.05) is 26.2 Å². The Kier molecular flexibility index (Phi) is 7.14. The summed E-state index contributed by atoms with van der Waals surface area (Å²) >= 11 is 0. The predicted molar refractivity (Wildman–Crippen MR) is 99.5 cm³/mol. The number of nitrogens with zero attached hydrogens (tertiary/aromatic N) is 1. The van der Waals surface area contributed by atoms with Gasteiger partial charge in [-0.15, -0.1) is 0 Å². The van der Waals surface area contributed by atoms with E-state index in [9.17, 15) is 14.4 Å². The van der Waals surface area contributed by atoms with Gasteiger partial charge in [0.15, 0.2) is 6.61 Å². The van der Waals surface area contributed by atoms with Crippen molar-refractivity contribution >= 4 is 28.6 Å². The minimum absolute atomic E-state index is 0.0377. The molecule has 6 nitrogen and oxygen atoms in total. The Hall–Kier alpha value is -2.89. The molecule has 2 rings (SSSR count). The second-order valence-electron chi connectivity index (χ2n) is 5.84. The van der Waals surface area contributed by atoms with E-state index in [1.165, 1.54) is 4.90 Å². The minimum Gasteiger partial charge on any atom is -0.455 e. The van der Waals surface area contributed by atoms with E-state index in [1.54, 1.807) is 6.92 Å². The molecular formula is C20H24N2O4. The van der Waals surface area contributed by atoms with E-state index in [4.69, 9.17) is 4.74 Å². The Morgan fingerprint density at radius 3 is 2.50 bits per heavy atom. The van der Waals surface area contributed by atoms with E-state index >= 15 is 0 Å². The van der Waals surface area contributed by atoms with Crippen molar-refractivity contribution in [1.82, 2.24) is 10.2 Å². The predicted octanol–water partition coefficient (Wildman–Crippen LogP) is 1.91. The van der Waals surface area contributed by atoms with Gasteiger partial charge in [-0.2, -0.15) is 0 Å². The van der Waals surface area contributed by atoms with Gasteiger partial charge in [-0.3, -0.25) is 14.4 Å². The lowest BCUT2D eigenvalue weighted by Crippen LogP contribution is -2.42. The average molecular weight is 356 g/mol. The molecule has 0 aliphatic carbocycles. The molecule has 2 aromatic carbocycles. The Morgan fingerprint density at radius 2 is 1.77 bits per heavy atom. The third kappa shape index (κ3) is 5.31. The van der Waals surface area contributed by atoms with Crippen LogP contribution in [0.25, 0.3) is 10.8 Å².